The van der Waals surface area contributed by atoms with Crippen molar-refractivity contribution in [3.05, 3.63) is 42.2 Å². The summed E-state index contributed by atoms with van der Waals surface area (Å²) in [5.74, 6) is -1.69. The molecule has 0 spiro atoms. The smallest absolute Gasteiger partial charge is 0.166 e. The molecule has 13 heavy (non-hydrogen) atoms. The highest BCUT2D eigenvalue weighted by molar-refractivity contribution is 5.62. The minimum atomic E-state index is -0.848. The highest BCUT2D eigenvalue weighted by Crippen LogP contribution is 2.22. The van der Waals surface area contributed by atoms with Crippen LogP contribution >= 0.6 is 0 Å². The van der Waals surface area contributed by atoms with Gasteiger partial charge in [0.2, 0.25) is 0 Å². The topological polar surface area (TPSA) is 28.7 Å². The van der Waals surface area contributed by atoms with Crippen molar-refractivity contribution in [2.45, 2.75) is 0 Å². The van der Waals surface area contributed by atoms with Gasteiger partial charge in [-0.05, 0) is 6.07 Å². The van der Waals surface area contributed by atoms with Gasteiger partial charge in [-0.1, -0.05) is 12.1 Å². The first kappa shape index (κ1) is 7.91. The number of halogens is 2. The maximum Gasteiger partial charge on any atom is 0.166 e. The maximum atomic E-state index is 13.1. The van der Waals surface area contributed by atoms with E-state index in [1.807, 2.05) is 0 Å². The van der Waals surface area contributed by atoms with E-state index in [4.69, 9.17) is 0 Å². The van der Waals surface area contributed by atoms with Crippen molar-refractivity contribution in [3.63, 3.8) is 0 Å². The number of H-pyrrole nitrogens is 1. The molecule has 0 aliphatic heterocycles. The third kappa shape index (κ3) is 1.30. The highest BCUT2D eigenvalue weighted by Gasteiger charge is 2.09. The van der Waals surface area contributed by atoms with Gasteiger partial charge in [0.05, 0.1) is 6.20 Å². The quantitative estimate of drug-likeness (QED) is 0.716. The molecule has 2 aromatic rings. The summed E-state index contributed by atoms with van der Waals surface area (Å²) in [6, 6.07) is 4.04. The maximum absolute atomic E-state index is 13.1. The predicted molar refractivity (Wildman–Crippen MR) is 43.9 cm³/mol. The molecule has 4 heteroatoms. The first-order valence-corrected chi connectivity index (χ1v) is 3.72. The summed E-state index contributed by atoms with van der Waals surface area (Å²) in [5, 5.41) is 6.19. The van der Waals surface area contributed by atoms with Crippen molar-refractivity contribution in [1.29, 1.82) is 0 Å². The van der Waals surface area contributed by atoms with E-state index < -0.39 is 11.6 Å². The molecule has 0 bridgehead atoms. The lowest BCUT2D eigenvalue weighted by Crippen LogP contribution is -1.87. The monoisotopic (exact) mass is 180 g/mol. The molecule has 0 unspecified atom stereocenters. The Balaban J connectivity index is 2.59. The van der Waals surface area contributed by atoms with Crippen LogP contribution in [0.25, 0.3) is 11.1 Å². The lowest BCUT2D eigenvalue weighted by atomic mass is 10.1. The standard InChI is InChI=1S/C9H6F2N2/c10-8-3-1-2-7(9(8)11)6-4-12-13-5-6/h1-5H,(H,12,13). The van der Waals surface area contributed by atoms with Gasteiger partial charge >= 0.3 is 0 Å². The van der Waals surface area contributed by atoms with Crippen molar-refractivity contribution in [2.24, 2.45) is 0 Å². The van der Waals surface area contributed by atoms with Gasteiger partial charge in [0.25, 0.3) is 0 Å². The molecule has 1 N–H and O–H groups in total. The molecule has 0 fully saturated rings. The highest BCUT2D eigenvalue weighted by atomic mass is 19.2. The fourth-order valence-electron chi connectivity index (χ4n) is 1.12. The summed E-state index contributed by atoms with van der Waals surface area (Å²) in [5.41, 5.74) is 0.755. The van der Waals surface area contributed by atoms with Crippen molar-refractivity contribution in [3.8, 4) is 11.1 Å². The van der Waals surface area contributed by atoms with E-state index in [-0.39, 0.29) is 5.56 Å². The summed E-state index contributed by atoms with van der Waals surface area (Å²) in [4.78, 5) is 0. The van der Waals surface area contributed by atoms with Crippen LogP contribution in [0.15, 0.2) is 30.6 Å². The Morgan fingerprint density at radius 3 is 2.77 bits per heavy atom. The van der Waals surface area contributed by atoms with Gasteiger partial charge in [0.1, 0.15) is 0 Å². The van der Waals surface area contributed by atoms with Crippen LogP contribution < -0.4 is 0 Å². The summed E-state index contributed by atoms with van der Waals surface area (Å²) in [6.45, 7) is 0. The van der Waals surface area contributed by atoms with Crippen LogP contribution in [-0.2, 0) is 0 Å². The lowest BCUT2D eigenvalue weighted by Gasteiger charge is -1.99. The molecule has 1 aromatic heterocycles. The van der Waals surface area contributed by atoms with E-state index in [1.165, 1.54) is 24.5 Å². The van der Waals surface area contributed by atoms with Crippen molar-refractivity contribution in [2.75, 3.05) is 0 Å². The van der Waals surface area contributed by atoms with Crippen LogP contribution in [0.4, 0.5) is 8.78 Å². The molecule has 0 aliphatic rings. The first-order chi connectivity index (χ1) is 6.29. The molecule has 0 radical (unpaired) electrons. The van der Waals surface area contributed by atoms with Gasteiger partial charge < -0.3 is 0 Å². The van der Waals surface area contributed by atoms with Crippen LogP contribution in [0.5, 0.6) is 0 Å². The Morgan fingerprint density at radius 2 is 2.08 bits per heavy atom. The molecule has 0 saturated carbocycles. The van der Waals surface area contributed by atoms with E-state index in [0.717, 1.165) is 6.07 Å². The number of hydrogen-bond acceptors (Lipinski definition) is 1. The largest absolute Gasteiger partial charge is 0.285 e. The predicted octanol–water partition coefficient (Wildman–Crippen LogP) is 2.35. The van der Waals surface area contributed by atoms with Crippen LogP contribution in [0.2, 0.25) is 0 Å². The van der Waals surface area contributed by atoms with Crippen LogP contribution in [0, 0.1) is 11.6 Å². The second-order valence-electron chi connectivity index (χ2n) is 2.59. The molecule has 2 nitrogen and oxygen atoms in total. The normalized spacial score (nSPS) is 10.3. The van der Waals surface area contributed by atoms with E-state index in [9.17, 15) is 8.78 Å². The molecule has 66 valence electrons. The number of rotatable bonds is 1. The number of nitrogens with one attached hydrogen (secondary N) is 1. The van der Waals surface area contributed by atoms with E-state index in [1.54, 1.807) is 0 Å². The molecule has 0 aliphatic carbocycles. The zero-order valence-electron chi connectivity index (χ0n) is 6.59. The Kier molecular flexibility index (Phi) is 1.81. The Bertz CT molecular complexity index is 410. The summed E-state index contributed by atoms with van der Waals surface area (Å²) in [6.07, 6.45) is 2.95. The second-order valence-corrected chi connectivity index (χ2v) is 2.59. The van der Waals surface area contributed by atoms with Crippen molar-refractivity contribution >= 4 is 0 Å². The number of benzene rings is 1. The molecule has 0 atom stereocenters. The number of aromatic amines is 1. The van der Waals surface area contributed by atoms with Gasteiger partial charge in [-0.15, -0.1) is 0 Å². The van der Waals surface area contributed by atoms with E-state index in [0.29, 0.717) is 5.56 Å². The average molecular weight is 180 g/mol. The third-order valence-corrected chi connectivity index (χ3v) is 1.76. The average Bonchev–Trinajstić information content (AvgIpc) is 2.62. The van der Waals surface area contributed by atoms with Crippen LogP contribution in [-0.4, -0.2) is 10.2 Å². The molecule has 0 saturated heterocycles. The minimum absolute atomic E-state index is 0.216. The first-order valence-electron chi connectivity index (χ1n) is 3.72. The minimum Gasteiger partial charge on any atom is -0.285 e. The second kappa shape index (κ2) is 2.97. The van der Waals surface area contributed by atoms with Crippen LogP contribution in [0.1, 0.15) is 0 Å². The summed E-state index contributed by atoms with van der Waals surface area (Å²) in [7, 11) is 0. The van der Waals surface area contributed by atoms with Gasteiger partial charge in [-0.25, -0.2) is 8.78 Å². The number of nitrogens with zero attached hydrogens (tertiary/aromatic N) is 1. The molecule has 1 aromatic carbocycles. The molecule has 1 heterocycles. The summed E-state index contributed by atoms with van der Waals surface area (Å²) >= 11 is 0. The Labute approximate surface area is 73.2 Å². The summed E-state index contributed by atoms with van der Waals surface area (Å²) < 4.78 is 25.9. The molecular weight excluding hydrogens is 174 g/mol. The van der Waals surface area contributed by atoms with Gasteiger partial charge in [-0.3, -0.25) is 5.10 Å². The van der Waals surface area contributed by atoms with Gasteiger partial charge in [-0.2, -0.15) is 5.10 Å². The van der Waals surface area contributed by atoms with E-state index in [2.05, 4.69) is 10.2 Å². The lowest BCUT2D eigenvalue weighted by molar-refractivity contribution is 0.511. The van der Waals surface area contributed by atoms with Gasteiger partial charge in [0, 0.05) is 17.3 Å². The molecule has 0 amide bonds. The third-order valence-electron chi connectivity index (χ3n) is 1.76. The van der Waals surface area contributed by atoms with Crippen LogP contribution in [0.3, 0.4) is 0 Å². The van der Waals surface area contributed by atoms with Crippen molar-refractivity contribution < 1.29 is 8.78 Å². The number of aromatic nitrogens is 2. The number of hydrogen-bond donors (Lipinski definition) is 1. The molecular formula is C9H6F2N2. The van der Waals surface area contributed by atoms with E-state index >= 15 is 0 Å². The zero-order chi connectivity index (χ0) is 9.26. The SMILES string of the molecule is Fc1cccc(-c2cn[nH]c2)c1F. The van der Waals surface area contributed by atoms with Crippen molar-refractivity contribution in [1.82, 2.24) is 10.2 Å². The molecule has 2 rings (SSSR count). The Morgan fingerprint density at radius 1 is 1.23 bits per heavy atom. The van der Waals surface area contributed by atoms with Gasteiger partial charge in [0.15, 0.2) is 11.6 Å². The fourth-order valence-corrected chi connectivity index (χ4v) is 1.12. The Hall–Kier alpha value is -1.71. The zero-order valence-corrected chi connectivity index (χ0v) is 6.59. The fraction of sp³-hybridized carbons (Fsp3) is 0.